The zero-order chi connectivity index (χ0) is 21.8. The first-order valence-corrected chi connectivity index (χ1v) is 11.0. The Morgan fingerprint density at radius 3 is 2.38 bits per heavy atom. The van der Waals surface area contributed by atoms with Crippen LogP contribution in [0.4, 0.5) is 8.78 Å². The highest BCUT2D eigenvalue weighted by Crippen LogP contribution is 2.37. The number of allylic oxidation sites excluding steroid dienone is 4. The number of methoxy groups -OCH3 is 1. The smallest absolute Gasteiger partial charge is 0.196 e. The molecule has 0 saturated carbocycles. The number of hydrogen-bond acceptors (Lipinski definition) is 3. The SMILES string of the molecule is C=CC1CCC(COC(C)CCC(C)C2=C(F)C(F)=C(OC)CC2)OC1.CCC. The van der Waals surface area contributed by atoms with Crippen LogP contribution in [0.1, 0.15) is 72.6 Å². The van der Waals surface area contributed by atoms with E-state index in [0.717, 1.165) is 32.3 Å². The van der Waals surface area contributed by atoms with Crippen LogP contribution in [0.5, 0.6) is 0 Å². The molecule has 0 aromatic rings. The molecule has 0 aromatic carbocycles. The van der Waals surface area contributed by atoms with Gasteiger partial charge in [0.15, 0.2) is 11.7 Å². The van der Waals surface area contributed by atoms with Gasteiger partial charge in [-0.3, -0.25) is 0 Å². The van der Waals surface area contributed by atoms with Crippen LogP contribution >= 0.6 is 0 Å². The molecular formula is C24H40F2O3. The van der Waals surface area contributed by atoms with E-state index in [9.17, 15) is 8.78 Å². The van der Waals surface area contributed by atoms with Gasteiger partial charge in [-0.1, -0.05) is 33.3 Å². The largest absolute Gasteiger partial charge is 0.498 e. The molecule has 0 bridgehead atoms. The summed E-state index contributed by atoms with van der Waals surface area (Å²) in [6.45, 7) is 13.3. The van der Waals surface area contributed by atoms with Crippen molar-refractivity contribution >= 4 is 0 Å². The van der Waals surface area contributed by atoms with Crippen molar-refractivity contribution in [1.82, 2.24) is 0 Å². The predicted octanol–water partition coefficient (Wildman–Crippen LogP) is 7.05. The number of ether oxygens (including phenoxy) is 3. The zero-order valence-corrected chi connectivity index (χ0v) is 18.9. The van der Waals surface area contributed by atoms with Crippen LogP contribution in [-0.2, 0) is 14.2 Å². The van der Waals surface area contributed by atoms with Crippen molar-refractivity contribution in [2.75, 3.05) is 20.3 Å². The van der Waals surface area contributed by atoms with Gasteiger partial charge in [0.05, 0.1) is 32.5 Å². The second kappa shape index (κ2) is 13.9. The lowest BCUT2D eigenvalue weighted by molar-refractivity contribution is -0.0709. The summed E-state index contributed by atoms with van der Waals surface area (Å²) in [6.07, 6.45) is 8.02. The first-order valence-electron chi connectivity index (χ1n) is 11.0. The summed E-state index contributed by atoms with van der Waals surface area (Å²) in [5.41, 5.74) is 0.557. The molecular weight excluding hydrogens is 374 g/mol. The molecule has 3 nitrogen and oxygen atoms in total. The summed E-state index contributed by atoms with van der Waals surface area (Å²) in [4.78, 5) is 0. The highest BCUT2D eigenvalue weighted by atomic mass is 19.2. The minimum absolute atomic E-state index is 0.00973. The van der Waals surface area contributed by atoms with E-state index in [1.54, 1.807) is 0 Å². The summed E-state index contributed by atoms with van der Waals surface area (Å²) in [7, 11) is 1.38. The fraction of sp³-hybridized carbons (Fsp3) is 0.750. The van der Waals surface area contributed by atoms with Crippen molar-refractivity contribution < 1.29 is 23.0 Å². The molecule has 4 unspecified atom stereocenters. The zero-order valence-electron chi connectivity index (χ0n) is 18.9. The minimum Gasteiger partial charge on any atom is -0.498 e. The molecule has 168 valence electrons. The number of hydrogen-bond donors (Lipinski definition) is 0. The molecule has 4 atom stereocenters. The molecule has 2 rings (SSSR count). The molecule has 1 saturated heterocycles. The molecule has 1 heterocycles. The quantitative estimate of drug-likeness (QED) is 0.378. The average molecular weight is 415 g/mol. The maximum absolute atomic E-state index is 14.2. The van der Waals surface area contributed by atoms with Crippen molar-refractivity contribution in [1.29, 1.82) is 0 Å². The van der Waals surface area contributed by atoms with Crippen LogP contribution in [0, 0.1) is 11.8 Å². The fourth-order valence-electron chi connectivity index (χ4n) is 3.54. The van der Waals surface area contributed by atoms with E-state index >= 15 is 0 Å². The molecule has 29 heavy (non-hydrogen) atoms. The average Bonchev–Trinajstić information content (AvgIpc) is 2.73. The molecule has 0 aromatic heterocycles. The molecule has 5 heteroatoms. The van der Waals surface area contributed by atoms with Gasteiger partial charge in [-0.05, 0) is 50.5 Å². The summed E-state index contributed by atoms with van der Waals surface area (Å²) in [5.74, 6) is -1.01. The number of halogens is 2. The van der Waals surface area contributed by atoms with Crippen molar-refractivity contribution in [2.45, 2.75) is 84.8 Å². The molecule has 0 radical (unpaired) electrons. The van der Waals surface area contributed by atoms with Gasteiger partial charge in [0.2, 0.25) is 0 Å². The van der Waals surface area contributed by atoms with E-state index in [-0.39, 0.29) is 23.9 Å². The highest BCUT2D eigenvalue weighted by Gasteiger charge is 2.26. The Morgan fingerprint density at radius 1 is 1.14 bits per heavy atom. The molecule has 0 amide bonds. The Kier molecular flexibility index (Phi) is 12.4. The molecule has 1 aliphatic carbocycles. The van der Waals surface area contributed by atoms with Gasteiger partial charge in [-0.15, -0.1) is 6.58 Å². The molecule has 1 aliphatic heterocycles. The van der Waals surface area contributed by atoms with Crippen LogP contribution in [-0.4, -0.2) is 32.5 Å². The Hall–Kier alpha value is -1.20. The maximum atomic E-state index is 14.2. The van der Waals surface area contributed by atoms with Crippen LogP contribution < -0.4 is 0 Å². The second-order valence-electron chi connectivity index (χ2n) is 8.14. The van der Waals surface area contributed by atoms with E-state index in [1.807, 2.05) is 19.9 Å². The first-order chi connectivity index (χ1) is 13.9. The number of rotatable bonds is 9. The molecule has 2 aliphatic rings. The van der Waals surface area contributed by atoms with Crippen LogP contribution in [0.15, 0.2) is 35.6 Å². The normalized spacial score (nSPS) is 24.5. The van der Waals surface area contributed by atoms with Crippen molar-refractivity contribution in [2.24, 2.45) is 11.8 Å². The van der Waals surface area contributed by atoms with Gasteiger partial charge in [-0.2, -0.15) is 0 Å². The summed E-state index contributed by atoms with van der Waals surface area (Å²) < 4.78 is 44.7. The predicted molar refractivity (Wildman–Crippen MR) is 115 cm³/mol. The lowest BCUT2D eigenvalue weighted by Gasteiger charge is -2.28. The highest BCUT2D eigenvalue weighted by molar-refractivity contribution is 5.33. The van der Waals surface area contributed by atoms with E-state index in [2.05, 4.69) is 20.4 Å². The van der Waals surface area contributed by atoms with E-state index in [4.69, 9.17) is 14.2 Å². The standard InChI is InChI=1S/C21H32F2O3.C3H8/c1-5-16-8-9-17(26-12-16)13-25-15(3)7-6-14(2)18-10-11-19(24-4)21(23)20(18)22;1-3-2/h5,14-17H,1,6-13H2,2-4H3;3H2,1-2H3. The van der Waals surface area contributed by atoms with Crippen molar-refractivity contribution in [3.63, 3.8) is 0 Å². The van der Waals surface area contributed by atoms with Crippen molar-refractivity contribution in [3.8, 4) is 0 Å². The van der Waals surface area contributed by atoms with Crippen molar-refractivity contribution in [3.05, 3.63) is 35.6 Å². The van der Waals surface area contributed by atoms with Gasteiger partial charge in [0.25, 0.3) is 0 Å². The van der Waals surface area contributed by atoms with Gasteiger partial charge in [0.1, 0.15) is 5.76 Å². The van der Waals surface area contributed by atoms with Gasteiger partial charge in [0, 0.05) is 12.3 Å². The fourth-order valence-corrected chi connectivity index (χ4v) is 3.54. The van der Waals surface area contributed by atoms with E-state index in [1.165, 1.54) is 13.5 Å². The first kappa shape index (κ1) is 25.8. The Bertz CT molecular complexity index is 548. The molecule has 0 N–H and O–H groups in total. The monoisotopic (exact) mass is 414 g/mol. The summed E-state index contributed by atoms with van der Waals surface area (Å²) >= 11 is 0. The van der Waals surface area contributed by atoms with Gasteiger partial charge >= 0.3 is 0 Å². The summed E-state index contributed by atoms with van der Waals surface area (Å²) in [5, 5.41) is 0. The van der Waals surface area contributed by atoms with E-state index in [0.29, 0.717) is 30.9 Å². The third-order valence-electron chi connectivity index (χ3n) is 5.49. The van der Waals surface area contributed by atoms with Gasteiger partial charge < -0.3 is 14.2 Å². The Balaban J connectivity index is 0.00000132. The van der Waals surface area contributed by atoms with Crippen LogP contribution in [0.2, 0.25) is 0 Å². The second-order valence-corrected chi connectivity index (χ2v) is 8.14. The van der Waals surface area contributed by atoms with E-state index < -0.39 is 11.7 Å². The lowest BCUT2D eigenvalue weighted by Crippen LogP contribution is -2.30. The Labute approximate surface area is 176 Å². The minimum atomic E-state index is -0.836. The third-order valence-corrected chi connectivity index (χ3v) is 5.49. The third kappa shape index (κ3) is 8.59. The van der Waals surface area contributed by atoms with Gasteiger partial charge in [-0.25, -0.2) is 8.78 Å². The Morgan fingerprint density at radius 2 is 1.83 bits per heavy atom. The summed E-state index contributed by atoms with van der Waals surface area (Å²) in [6, 6.07) is 0. The lowest BCUT2D eigenvalue weighted by atomic mass is 9.88. The maximum Gasteiger partial charge on any atom is 0.196 e. The molecule has 0 spiro atoms. The van der Waals surface area contributed by atoms with Crippen LogP contribution in [0.25, 0.3) is 0 Å². The molecule has 1 fully saturated rings. The van der Waals surface area contributed by atoms with Crippen LogP contribution in [0.3, 0.4) is 0 Å². The topological polar surface area (TPSA) is 27.7 Å².